The molecular weight excluding hydrogens is 242 g/mol. The molecule has 1 fully saturated rings. The summed E-state index contributed by atoms with van der Waals surface area (Å²) in [4.78, 5) is 13.6. The Bertz CT molecular complexity index is 464. The van der Waals surface area contributed by atoms with Crippen molar-refractivity contribution in [3.05, 3.63) is 29.8 Å². The summed E-state index contributed by atoms with van der Waals surface area (Å²) in [6.45, 7) is 4.77. The molecule has 0 aliphatic carbocycles. The number of phenolic OH excluding ortho intramolecular Hbond substituents is 1. The number of β-amino-alcohol motifs (C(OH)–C–C–N with tert-alkyl or cyclic N) is 1. The van der Waals surface area contributed by atoms with E-state index >= 15 is 0 Å². The number of likely N-dealkylation sites (tertiary alicyclic amines) is 1. The van der Waals surface area contributed by atoms with E-state index < -0.39 is 5.60 Å². The van der Waals surface area contributed by atoms with Crippen LogP contribution in [0.1, 0.15) is 25.8 Å². The van der Waals surface area contributed by atoms with Gasteiger partial charge in [0.1, 0.15) is 11.4 Å². The zero-order valence-electron chi connectivity index (χ0n) is 11.5. The summed E-state index contributed by atoms with van der Waals surface area (Å²) in [6, 6.07) is 7.06. The zero-order valence-corrected chi connectivity index (χ0v) is 11.5. The van der Waals surface area contributed by atoms with Gasteiger partial charge in [0.2, 0.25) is 5.91 Å². The van der Waals surface area contributed by atoms with Crippen molar-refractivity contribution in [2.75, 3.05) is 13.1 Å². The van der Waals surface area contributed by atoms with Crippen LogP contribution in [0.25, 0.3) is 0 Å². The minimum atomic E-state index is -0.718. The number of hydrogen-bond acceptors (Lipinski definition) is 3. The summed E-state index contributed by atoms with van der Waals surface area (Å²) in [6.07, 6.45) is 0.897. The Morgan fingerprint density at radius 2 is 2.00 bits per heavy atom. The molecule has 4 heteroatoms. The first-order valence-electron chi connectivity index (χ1n) is 6.69. The van der Waals surface area contributed by atoms with Crippen LogP contribution in [0, 0.1) is 5.92 Å². The highest BCUT2D eigenvalue weighted by Gasteiger charge is 2.45. The highest BCUT2D eigenvalue weighted by molar-refractivity contribution is 5.77. The molecule has 2 rings (SSSR count). The van der Waals surface area contributed by atoms with Crippen molar-refractivity contribution in [1.82, 2.24) is 4.90 Å². The molecule has 0 saturated carbocycles. The van der Waals surface area contributed by atoms with Gasteiger partial charge in [-0.1, -0.05) is 32.0 Å². The normalized spacial score (nSPS) is 17.4. The van der Waals surface area contributed by atoms with Crippen molar-refractivity contribution < 1.29 is 15.0 Å². The Kier molecular flexibility index (Phi) is 3.80. The highest BCUT2D eigenvalue weighted by atomic mass is 16.3. The number of hydrogen-bond donors (Lipinski definition) is 2. The molecule has 1 aromatic rings. The molecule has 1 aromatic carbocycles. The Morgan fingerprint density at radius 3 is 2.58 bits per heavy atom. The monoisotopic (exact) mass is 263 g/mol. The summed E-state index contributed by atoms with van der Waals surface area (Å²) in [7, 11) is 0. The number of rotatable bonds is 4. The standard InChI is InChI=1S/C15H21NO3/c1-11(2)15(19)9-16(10-15)14(18)8-7-12-5-3-4-6-13(12)17/h3-6,11,17,19H,7-10H2,1-2H3. The van der Waals surface area contributed by atoms with E-state index in [0.717, 1.165) is 5.56 Å². The Labute approximate surface area is 113 Å². The molecule has 0 bridgehead atoms. The Hall–Kier alpha value is -1.55. The molecule has 1 aliphatic heterocycles. The maximum Gasteiger partial charge on any atom is 0.223 e. The number of aryl methyl sites for hydroxylation is 1. The van der Waals surface area contributed by atoms with Crippen LogP contribution in [-0.2, 0) is 11.2 Å². The van der Waals surface area contributed by atoms with Crippen LogP contribution in [-0.4, -0.2) is 39.7 Å². The average Bonchev–Trinajstić information content (AvgIpc) is 2.33. The molecule has 0 unspecified atom stereocenters. The van der Waals surface area contributed by atoms with Gasteiger partial charge in [-0.15, -0.1) is 0 Å². The van der Waals surface area contributed by atoms with Crippen molar-refractivity contribution in [2.45, 2.75) is 32.3 Å². The summed E-state index contributed by atoms with van der Waals surface area (Å²) in [5, 5.41) is 19.7. The lowest BCUT2D eigenvalue weighted by atomic mass is 9.83. The van der Waals surface area contributed by atoms with E-state index in [2.05, 4.69) is 0 Å². The summed E-state index contributed by atoms with van der Waals surface area (Å²) in [5.41, 5.74) is 0.0698. The number of benzene rings is 1. The number of nitrogens with zero attached hydrogens (tertiary/aromatic N) is 1. The van der Waals surface area contributed by atoms with E-state index in [9.17, 15) is 15.0 Å². The van der Waals surface area contributed by atoms with Gasteiger partial charge < -0.3 is 15.1 Å². The van der Waals surface area contributed by atoms with Crippen LogP contribution in [0.4, 0.5) is 0 Å². The number of carbonyl (C=O) groups is 1. The number of phenols is 1. The van der Waals surface area contributed by atoms with Crippen LogP contribution in [0.2, 0.25) is 0 Å². The third kappa shape index (κ3) is 2.89. The molecule has 1 saturated heterocycles. The van der Waals surface area contributed by atoms with Gasteiger partial charge in [0.05, 0.1) is 13.1 Å². The quantitative estimate of drug-likeness (QED) is 0.866. The highest BCUT2D eigenvalue weighted by Crippen LogP contribution is 2.29. The first-order valence-corrected chi connectivity index (χ1v) is 6.69. The minimum absolute atomic E-state index is 0.0357. The molecule has 4 nitrogen and oxygen atoms in total. The number of amides is 1. The van der Waals surface area contributed by atoms with Gasteiger partial charge in [0, 0.05) is 6.42 Å². The predicted molar refractivity (Wildman–Crippen MR) is 72.8 cm³/mol. The first kappa shape index (κ1) is 13.9. The summed E-state index contributed by atoms with van der Waals surface area (Å²) >= 11 is 0. The molecular formula is C15H21NO3. The fourth-order valence-corrected chi connectivity index (χ4v) is 2.28. The zero-order chi connectivity index (χ0) is 14.0. The topological polar surface area (TPSA) is 60.8 Å². The van der Waals surface area contributed by atoms with Gasteiger partial charge in [0.15, 0.2) is 0 Å². The van der Waals surface area contributed by atoms with Gasteiger partial charge in [-0.3, -0.25) is 4.79 Å². The largest absolute Gasteiger partial charge is 0.508 e. The molecule has 0 radical (unpaired) electrons. The van der Waals surface area contributed by atoms with Crippen LogP contribution >= 0.6 is 0 Å². The number of carbonyl (C=O) groups excluding carboxylic acids is 1. The van der Waals surface area contributed by atoms with E-state index in [0.29, 0.717) is 25.9 Å². The molecule has 0 atom stereocenters. The van der Waals surface area contributed by atoms with Gasteiger partial charge in [-0.05, 0) is 24.0 Å². The second-order valence-electron chi connectivity index (χ2n) is 5.64. The molecule has 1 heterocycles. The van der Waals surface area contributed by atoms with Crippen molar-refractivity contribution in [3.63, 3.8) is 0 Å². The lowest BCUT2D eigenvalue weighted by Crippen LogP contribution is -2.65. The first-order chi connectivity index (χ1) is 8.92. The fraction of sp³-hybridized carbons (Fsp3) is 0.533. The number of aliphatic hydroxyl groups is 1. The van der Waals surface area contributed by atoms with E-state index in [1.807, 2.05) is 26.0 Å². The second kappa shape index (κ2) is 5.21. The molecule has 19 heavy (non-hydrogen) atoms. The van der Waals surface area contributed by atoms with E-state index in [1.165, 1.54) is 0 Å². The molecule has 1 aliphatic rings. The molecule has 104 valence electrons. The smallest absolute Gasteiger partial charge is 0.223 e. The third-order valence-corrected chi connectivity index (χ3v) is 3.96. The lowest BCUT2D eigenvalue weighted by molar-refractivity contribution is -0.163. The average molecular weight is 263 g/mol. The third-order valence-electron chi connectivity index (χ3n) is 3.96. The number of para-hydroxylation sites is 1. The summed E-state index contributed by atoms with van der Waals surface area (Å²) < 4.78 is 0. The summed E-state index contributed by atoms with van der Waals surface area (Å²) in [5.74, 6) is 0.431. The molecule has 0 spiro atoms. The van der Waals surface area contributed by atoms with Gasteiger partial charge in [-0.2, -0.15) is 0 Å². The predicted octanol–water partition coefficient (Wildman–Crippen LogP) is 1.55. The van der Waals surface area contributed by atoms with E-state index in [1.54, 1.807) is 17.0 Å². The minimum Gasteiger partial charge on any atom is -0.508 e. The van der Waals surface area contributed by atoms with Crippen LogP contribution in [0.5, 0.6) is 5.75 Å². The second-order valence-corrected chi connectivity index (χ2v) is 5.64. The SMILES string of the molecule is CC(C)C1(O)CN(C(=O)CCc2ccccc2O)C1. The molecule has 2 N–H and O–H groups in total. The maximum absolute atomic E-state index is 12.0. The van der Waals surface area contributed by atoms with Crippen LogP contribution < -0.4 is 0 Å². The van der Waals surface area contributed by atoms with Crippen LogP contribution in [0.15, 0.2) is 24.3 Å². The van der Waals surface area contributed by atoms with Crippen molar-refractivity contribution in [3.8, 4) is 5.75 Å². The van der Waals surface area contributed by atoms with Gasteiger partial charge in [0.25, 0.3) is 0 Å². The Balaban J connectivity index is 1.83. The van der Waals surface area contributed by atoms with E-state index in [4.69, 9.17) is 0 Å². The van der Waals surface area contributed by atoms with Crippen molar-refractivity contribution in [1.29, 1.82) is 0 Å². The maximum atomic E-state index is 12.0. The van der Waals surface area contributed by atoms with Crippen LogP contribution in [0.3, 0.4) is 0 Å². The fourth-order valence-electron chi connectivity index (χ4n) is 2.28. The molecule has 1 amide bonds. The van der Waals surface area contributed by atoms with Gasteiger partial charge >= 0.3 is 0 Å². The van der Waals surface area contributed by atoms with Gasteiger partial charge in [-0.25, -0.2) is 0 Å². The lowest BCUT2D eigenvalue weighted by Gasteiger charge is -2.49. The molecule has 0 aromatic heterocycles. The number of aromatic hydroxyl groups is 1. The van der Waals surface area contributed by atoms with Crippen molar-refractivity contribution >= 4 is 5.91 Å². The van der Waals surface area contributed by atoms with Crippen molar-refractivity contribution in [2.24, 2.45) is 5.92 Å². The van der Waals surface area contributed by atoms with E-state index in [-0.39, 0.29) is 17.6 Å². The Morgan fingerprint density at radius 1 is 1.37 bits per heavy atom.